The molecule has 0 bridgehead atoms. The van der Waals surface area contributed by atoms with Crippen LogP contribution in [0.3, 0.4) is 0 Å². The molecule has 170 valence electrons. The average Bonchev–Trinajstić information content (AvgIpc) is 3.23. The van der Waals surface area contributed by atoms with Crippen molar-refractivity contribution in [1.82, 2.24) is 0 Å². The molecule has 1 fully saturated rings. The van der Waals surface area contributed by atoms with E-state index in [9.17, 15) is 0 Å². The Bertz CT molecular complexity index is 1210. The second-order valence-corrected chi connectivity index (χ2v) is 10.0. The van der Waals surface area contributed by atoms with Gasteiger partial charge in [-0.3, -0.25) is 0 Å². The molecule has 3 aromatic carbocycles. The van der Waals surface area contributed by atoms with Crippen molar-refractivity contribution in [2.24, 2.45) is 0 Å². The van der Waals surface area contributed by atoms with Crippen LogP contribution in [0.2, 0.25) is 0 Å². The number of rotatable bonds is 7. The quantitative estimate of drug-likeness (QED) is 0.275. The molecule has 5 rings (SSSR count). The topological polar surface area (TPSA) is 46.2 Å². The molecule has 2 heterocycles. The van der Waals surface area contributed by atoms with Gasteiger partial charge in [-0.25, -0.2) is 0 Å². The number of methoxy groups -OCH3 is 2. The van der Waals surface area contributed by atoms with Crippen molar-refractivity contribution in [3.63, 3.8) is 0 Å². The van der Waals surface area contributed by atoms with Gasteiger partial charge in [0, 0.05) is 0 Å². The van der Waals surface area contributed by atoms with Crippen LogP contribution < -0.4 is 18.9 Å². The molecule has 0 N–H and O–H groups in total. The van der Waals surface area contributed by atoms with Crippen LogP contribution in [-0.2, 0) is 4.74 Å². The molecule has 1 aliphatic heterocycles. The van der Waals surface area contributed by atoms with Crippen molar-refractivity contribution < 1.29 is 23.7 Å². The van der Waals surface area contributed by atoms with Gasteiger partial charge in [0.25, 0.3) is 0 Å². The van der Waals surface area contributed by atoms with Crippen molar-refractivity contribution >= 4 is 24.1 Å². The number of hydrogen-bond acceptors (Lipinski definition) is 5. The van der Waals surface area contributed by atoms with E-state index < -0.39 is 0 Å². The van der Waals surface area contributed by atoms with Crippen molar-refractivity contribution in [3.8, 4) is 38.7 Å². The van der Waals surface area contributed by atoms with Gasteiger partial charge in [0.1, 0.15) is 0 Å². The van der Waals surface area contributed by atoms with Gasteiger partial charge in [0.15, 0.2) is 0 Å². The van der Waals surface area contributed by atoms with Gasteiger partial charge >= 0.3 is 200 Å². The standard InChI is InChI=1S/C27H26O5Se/c1-28-19-8-6-18(7-9-19)27-26(23-15-14-22(29-2)17-24(23)33-27)32-21-12-10-20(11-13-21)31-25-5-3-4-16-30-25/h6-15,17,25H,3-5,16H2,1-2H3. The van der Waals surface area contributed by atoms with E-state index in [4.69, 9.17) is 23.7 Å². The van der Waals surface area contributed by atoms with Gasteiger partial charge in [-0.1, -0.05) is 0 Å². The van der Waals surface area contributed by atoms with Crippen molar-refractivity contribution in [2.75, 3.05) is 20.8 Å². The molecule has 6 heteroatoms. The first-order valence-corrected chi connectivity index (χ1v) is 12.8. The Morgan fingerprint density at radius 2 is 1.48 bits per heavy atom. The molecule has 4 aromatic rings. The van der Waals surface area contributed by atoms with Crippen LogP contribution in [0.15, 0.2) is 66.7 Å². The predicted octanol–water partition coefficient (Wildman–Crippen LogP) is 6.28. The van der Waals surface area contributed by atoms with Gasteiger partial charge in [0.2, 0.25) is 0 Å². The number of fused-ring (bicyclic) bond motifs is 1. The number of benzene rings is 3. The molecular weight excluding hydrogens is 483 g/mol. The van der Waals surface area contributed by atoms with Crippen LogP contribution in [-0.4, -0.2) is 41.6 Å². The average molecular weight is 509 g/mol. The summed E-state index contributed by atoms with van der Waals surface area (Å²) in [6.07, 6.45) is 3.01. The maximum atomic E-state index is 6.48. The van der Waals surface area contributed by atoms with Crippen LogP contribution in [0.1, 0.15) is 19.3 Å². The molecule has 1 unspecified atom stereocenters. The van der Waals surface area contributed by atoms with Gasteiger partial charge in [-0.05, 0) is 0 Å². The molecule has 1 atom stereocenters. The Morgan fingerprint density at radius 1 is 0.788 bits per heavy atom. The monoisotopic (exact) mass is 510 g/mol. The van der Waals surface area contributed by atoms with E-state index in [2.05, 4.69) is 24.3 Å². The van der Waals surface area contributed by atoms with E-state index in [-0.39, 0.29) is 20.8 Å². The van der Waals surface area contributed by atoms with Gasteiger partial charge in [0.05, 0.1) is 0 Å². The summed E-state index contributed by atoms with van der Waals surface area (Å²) in [5.41, 5.74) is 1.13. The fourth-order valence-corrected chi connectivity index (χ4v) is 6.32. The van der Waals surface area contributed by atoms with E-state index in [0.717, 1.165) is 65.6 Å². The van der Waals surface area contributed by atoms with Gasteiger partial charge in [-0.2, -0.15) is 0 Å². The van der Waals surface area contributed by atoms with Gasteiger partial charge in [-0.15, -0.1) is 0 Å². The van der Waals surface area contributed by atoms with E-state index in [1.165, 1.54) is 8.70 Å². The zero-order valence-corrected chi connectivity index (χ0v) is 20.4. The summed E-state index contributed by atoms with van der Waals surface area (Å²) in [6, 6.07) is 22.1. The maximum absolute atomic E-state index is 6.48. The number of ether oxygens (including phenoxy) is 5. The van der Waals surface area contributed by atoms with Crippen LogP contribution in [0.25, 0.3) is 19.6 Å². The normalized spacial score (nSPS) is 15.9. The molecule has 1 aliphatic rings. The third kappa shape index (κ3) is 4.88. The summed E-state index contributed by atoms with van der Waals surface area (Å²) in [6.45, 7) is 0.764. The second kappa shape index (κ2) is 9.92. The Hall–Kier alpha value is -2.92. The van der Waals surface area contributed by atoms with Crippen molar-refractivity contribution in [3.05, 3.63) is 66.7 Å². The molecule has 0 aliphatic carbocycles. The second-order valence-electron chi connectivity index (χ2n) is 7.84. The zero-order chi connectivity index (χ0) is 22.6. The molecule has 33 heavy (non-hydrogen) atoms. The van der Waals surface area contributed by atoms with Crippen LogP contribution in [0, 0.1) is 0 Å². The minimum absolute atomic E-state index is 0.0924. The van der Waals surface area contributed by atoms with E-state index >= 15 is 0 Å². The summed E-state index contributed by atoms with van der Waals surface area (Å²) in [4.78, 5) is 0. The third-order valence-corrected chi connectivity index (χ3v) is 8.13. The van der Waals surface area contributed by atoms with Crippen LogP contribution in [0.5, 0.6) is 28.7 Å². The molecule has 0 saturated carbocycles. The molecule has 1 saturated heterocycles. The van der Waals surface area contributed by atoms with E-state index in [1.807, 2.05) is 42.5 Å². The first kappa shape index (κ1) is 21.9. The van der Waals surface area contributed by atoms with Crippen LogP contribution in [0.4, 0.5) is 0 Å². The van der Waals surface area contributed by atoms with Crippen molar-refractivity contribution in [2.45, 2.75) is 25.6 Å². The fourth-order valence-electron chi connectivity index (χ4n) is 3.87. The first-order chi connectivity index (χ1) is 16.2. The van der Waals surface area contributed by atoms with Crippen molar-refractivity contribution in [1.29, 1.82) is 0 Å². The predicted molar refractivity (Wildman–Crippen MR) is 130 cm³/mol. The Kier molecular flexibility index (Phi) is 6.58. The summed E-state index contributed by atoms with van der Waals surface area (Å²) in [5, 5.41) is 1.11. The number of hydrogen-bond donors (Lipinski definition) is 0. The summed E-state index contributed by atoms with van der Waals surface area (Å²) in [5.74, 6) is 4.15. The molecule has 0 spiro atoms. The summed E-state index contributed by atoms with van der Waals surface area (Å²) in [7, 11) is 3.37. The van der Waals surface area contributed by atoms with E-state index in [0.29, 0.717) is 0 Å². The van der Waals surface area contributed by atoms with Crippen LogP contribution >= 0.6 is 0 Å². The van der Waals surface area contributed by atoms with E-state index in [1.54, 1.807) is 14.2 Å². The summed E-state index contributed by atoms with van der Waals surface area (Å²) >= 11 is 0.0924. The fraction of sp³-hybridized carbons (Fsp3) is 0.259. The SMILES string of the molecule is COc1ccc(-c2[se]c3cc(OC)ccc3c2Oc2ccc(OC3CCCCO3)cc2)cc1. The minimum atomic E-state index is -0.158. The molecular formula is C27H26O5Se. The first-order valence-electron chi connectivity index (χ1n) is 11.0. The summed E-state index contributed by atoms with van der Waals surface area (Å²) < 4.78 is 31.3. The molecule has 1 aromatic heterocycles. The molecule has 5 nitrogen and oxygen atoms in total. The third-order valence-electron chi connectivity index (χ3n) is 5.65. The Labute approximate surface area is 199 Å². The van der Waals surface area contributed by atoms with Gasteiger partial charge < -0.3 is 0 Å². The Morgan fingerprint density at radius 3 is 2.18 bits per heavy atom. The molecule has 0 radical (unpaired) electrons. The molecule has 0 amide bonds. The zero-order valence-electron chi connectivity index (χ0n) is 18.7. The Balaban J connectivity index is 1.45.